The van der Waals surface area contributed by atoms with Crippen LogP contribution in [0.2, 0.25) is 10.6 Å². The molecule has 0 fully saturated rings. The number of hydrogen-bond acceptors (Lipinski definition) is 2. The minimum Gasteiger partial charge on any atom is -0.302 e. The number of aromatic nitrogens is 3. The Morgan fingerprint density at radius 1 is 1.07 bits per heavy atom. The van der Waals surface area contributed by atoms with E-state index in [1.54, 1.807) is 0 Å². The van der Waals surface area contributed by atoms with Crippen molar-refractivity contribution in [2.75, 3.05) is 0 Å². The van der Waals surface area contributed by atoms with Crippen molar-refractivity contribution in [3.05, 3.63) is 6.20 Å². The third-order valence-electron chi connectivity index (χ3n) is 1.93. The largest absolute Gasteiger partial charge is 0.302 e. The summed E-state index contributed by atoms with van der Waals surface area (Å²) in [6.07, 6.45) is 2.07. The summed E-state index contributed by atoms with van der Waals surface area (Å²) in [5, 5.41) is 8.89. The van der Waals surface area contributed by atoms with E-state index in [2.05, 4.69) is 58.1 Å². The second-order valence-electron chi connectivity index (χ2n) is 6.71. The average Bonchev–Trinajstić information content (AvgIpc) is 2.28. The van der Waals surface area contributed by atoms with Gasteiger partial charge < -0.3 is 4.59 Å². The molecule has 0 aromatic carbocycles. The monoisotopic (exact) mass is 205 g/mol. The van der Waals surface area contributed by atoms with Crippen LogP contribution in [0.15, 0.2) is 6.20 Å². The van der Waals surface area contributed by atoms with Crippen LogP contribution in [-0.2, 0) is 0 Å². The molecule has 0 aliphatic carbocycles. The van der Waals surface area contributed by atoms with E-state index in [0.717, 1.165) is 20.3 Å². The lowest BCUT2D eigenvalue weighted by Crippen LogP contribution is -2.24. The fourth-order valence-corrected chi connectivity index (χ4v) is 1.53. The molecule has 0 aliphatic heterocycles. The first-order valence-corrected chi connectivity index (χ1v) is 5.55. The van der Waals surface area contributed by atoms with E-state index in [4.69, 9.17) is 0 Å². The average molecular weight is 205 g/mol. The van der Waals surface area contributed by atoms with Crippen LogP contribution >= 0.6 is 0 Å². The van der Waals surface area contributed by atoms with Crippen molar-refractivity contribution >= 4 is 20.3 Å². The molecule has 0 amide bonds. The van der Waals surface area contributed by atoms with Gasteiger partial charge in [0.2, 0.25) is 0 Å². The zero-order valence-electron chi connectivity index (χ0n) is 10.8. The summed E-state index contributed by atoms with van der Waals surface area (Å²) in [5.41, 5.74) is 1.09. The van der Waals surface area contributed by atoms with Gasteiger partial charge in [-0.1, -0.05) is 52.1 Å². The van der Waals surface area contributed by atoms with Crippen LogP contribution in [0.3, 0.4) is 0 Å². The van der Waals surface area contributed by atoms with Gasteiger partial charge in [0, 0.05) is 11.8 Å². The predicted octanol–water partition coefficient (Wildman–Crippen LogP) is 0.976. The third kappa shape index (κ3) is 5.05. The van der Waals surface area contributed by atoms with Crippen molar-refractivity contribution in [3.8, 4) is 0 Å². The van der Waals surface area contributed by atoms with Crippen LogP contribution in [0, 0.1) is 0 Å². The maximum Gasteiger partial charge on any atom is 0.274 e. The van der Waals surface area contributed by atoms with Crippen LogP contribution < -0.4 is 5.59 Å². The molecule has 0 radical (unpaired) electrons. The first-order valence-electron chi connectivity index (χ1n) is 5.55. The molecular formula is C10H21B2N3. The van der Waals surface area contributed by atoms with E-state index in [-0.39, 0.29) is 10.6 Å². The molecule has 15 heavy (non-hydrogen) atoms. The molecule has 5 heteroatoms. The highest BCUT2D eigenvalue weighted by Crippen LogP contribution is 2.20. The zero-order valence-corrected chi connectivity index (χ0v) is 10.8. The van der Waals surface area contributed by atoms with Gasteiger partial charge in [0.1, 0.15) is 0 Å². The topological polar surface area (TPSA) is 30.7 Å². The standard InChI is InChI=1S/C10H21B2N3/c1-9(2,3)11-8-7-15(14-13-8)12-10(4,5)6/h7,11-12H,1-6H3. The van der Waals surface area contributed by atoms with Gasteiger partial charge in [0.15, 0.2) is 7.28 Å². The van der Waals surface area contributed by atoms with Gasteiger partial charge >= 0.3 is 0 Å². The Hall–Kier alpha value is -0.730. The molecular weight excluding hydrogens is 184 g/mol. The normalized spacial score (nSPS) is 12.7. The summed E-state index contributed by atoms with van der Waals surface area (Å²) in [5.74, 6) is 0. The third-order valence-corrected chi connectivity index (χ3v) is 1.93. The maximum atomic E-state index is 4.20. The molecule has 0 saturated carbocycles. The Labute approximate surface area is 94.1 Å². The Morgan fingerprint density at radius 2 is 1.67 bits per heavy atom. The van der Waals surface area contributed by atoms with Gasteiger partial charge in [0.05, 0.1) is 0 Å². The fraction of sp³-hybridized carbons (Fsp3) is 0.800. The smallest absolute Gasteiger partial charge is 0.274 e. The van der Waals surface area contributed by atoms with Crippen molar-refractivity contribution in [1.29, 1.82) is 0 Å². The molecule has 0 bridgehead atoms. The van der Waals surface area contributed by atoms with E-state index >= 15 is 0 Å². The lowest BCUT2D eigenvalue weighted by molar-refractivity contribution is 0.716. The summed E-state index contributed by atoms with van der Waals surface area (Å²) in [6.45, 7) is 13.3. The quantitative estimate of drug-likeness (QED) is 0.673. The van der Waals surface area contributed by atoms with Crippen LogP contribution in [0.25, 0.3) is 0 Å². The summed E-state index contributed by atoms with van der Waals surface area (Å²) < 4.78 is 1.95. The number of hydrogen-bond donors (Lipinski definition) is 0. The highest BCUT2D eigenvalue weighted by atomic mass is 15.4. The second kappa shape index (κ2) is 4.03. The van der Waals surface area contributed by atoms with Gasteiger partial charge in [-0.05, 0) is 5.31 Å². The van der Waals surface area contributed by atoms with Gasteiger partial charge in [-0.3, -0.25) is 0 Å². The van der Waals surface area contributed by atoms with Gasteiger partial charge in [0.25, 0.3) is 7.41 Å². The molecule has 1 rings (SSSR count). The lowest BCUT2D eigenvalue weighted by atomic mass is 9.53. The molecule has 1 heterocycles. The summed E-state index contributed by atoms with van der Waals surface area (Å²) in [6, 6.07) is 0. The number of nitrogens with zero attached hydrogens (tertiary/aromatic N) is 3. The highest BCUT2D eigenvalue weighted by molar-refractivity contribution is 6.55. The van der Waals surface area contributed by atoms with Gasteiger partial charge in [-0.15, -0.1) is 5.10 Å². The maximum absolute atomic E-state index is 4.20. The molecule has 0 saturated heterocycles. The van der Waals surface area contributed by atoms with E-state index in [0.29, 0.717) is 0 Å². The van der Waals surface area contributed by atoms with E-state index in [1.807, 2.05) is 4.59 Å². The van der Waals surface area contributed by atoms with Crippen molar-refractivity contribution in [1.82, 2.24) is 14.9 Å². The van der Waals surface area contributed by atoms with E-state index < -0.39 is 0 Å². The van der Waals surface area contributed by atoms with Crippen molar-refractivity contribution < 1.29 is 0 Å². The molecule has 3 nitrogen and oxygen atoms in total. The zero-order chi connectivity index (χ0) is 11.7. The Kier molecular flexibility index (Phi) is 3.31. The molecule has 1 aromatic rings. The van der Waals surface area contributed by atoms with Gasteiger partial charge in [-0.25, -0.2) is 0 Å². The van der Waals surface area contributed by atoms with Crippen molar-refractivity contribution in [3.63, 3.8) is 0 Å². The molecule has 0 N–H and O–H groups in total. The second-order valence-corrected chi connectivity index (χ2v) is 6.71. The molecule has 1 aromatic heterocycles. The first-order chi connectivity index (χ1) is 6.66. The van der Waals surface area contributed by atoms with Crippen molar-refractivity contribution in [2.24, 2.45) is 0 Å². The number of rotatable bonds is 2. The van der Waals surface area contributed by atoms with Crippen molar-refractivity contribution in [2.45, 2.75) is 52.2 Å². The van der Waals surface area contributed by atoms with Crippen LogP contribution in [-0.4, -0.2) is 29.6 Å². The fourth-order valence-electron chi connectivity index (χ4n) is 1.53. The van der Waals surface area contributed by atoms with Crippen LogP contribution in [0.1, 0.15) is 41.5 Å². The summed E-state index contributed by atoms with van der Waals surface area (Å²) in [4.78, 5) is 0. The molecule has 0 aliphatic rings. The SMILES string of the molecule is CC(C)(C)Bc1cn(BC(C)(C)C)nn1. The summed E-state index contributed by atoms with van der Waals surface area (Å²) in [7, 11) is 1.90. The molecule has 0 spiro atoms. The lowest BCUT2D eigenvalue weighted by Gasteiger charge is -2.15. The minimum absolute atomic E-state index is 0.257. The highest BCUT2D eigenvalue weighted by Gasteiger charge is 2.19. The van der Waals surface area contributed by atoms with E-state index in [9.17, 15) is 0 Å². The molecule has 0 unspecified atom stereocenters. The Balaban J connectivity index is 2.65. The first kappa shape index (κ1) is 12.3. The van der Waals surface area contributed by atoms with Crippen LogP contribution in [0.5, 0.6) is 0 Å². The summed E-state index contributed by atoms with van der Waals surface area (Å²) >= 11 is 0. The van der Waals surface area contributed by atoms with Crippen LogP contribution in [0.4, 0.5) is 0 Å². The Bertz CT molecular complexity index is 290. The minimum atomic E-state index is 0.257. The van der Waals surface area contributed by atoms with Gasteiger partial charge in [-0.2, -0.15) is 0 Å². The van der Waals surface area contributed by atoms with E-state index in [1.165, 1.54) is 0 Å². The molecule has 82 valence electrons. The predicted molar refractivity (Wildman–Crippen MR) is 68.8 cm³/mol. The Morgan fingerprint density at radius 3 is 2.13 bits per heavy atom. The molecule has 0 atom stereocenters.